The van der Waals surface area contributed by atoms with E-state index in [0.717, 1.165) is 55.3 Å². The second-order valence-corrected chi connectivity index (χ2v) is 8.35. The highest BCUT2D eigenvalue weighted by Gasteiger charge is 2.19. The number of carbonyl (C=O) groups excluding carboxylic acids is 1. The smallest absolute Gasteiger partial charge is 0.238 e. The molecule has 0 aliphatic carbocycles. The first-order valence-electron chi connectivity index (χ1n) is 9.71. The molecule has 1 aliphatic rings. The fraction of sp³-hybridized carbons (Fsp3) is 0.409. The normalized spacial score (nSPS) is 15.5. The van der Waals surface area contributed by atoms with Gasteiger partial charge in [-0.25, -0.2) is 4.39 Å². The molecule has 1 amide bonds. The maximum atomic E-state index is 13.7. The molecule has 2 aromatic carbocycles. The zero-order chi connectivity index (χ0) is 19.9. The van der Waals surface area contributed by atoms with E-state index in [-0.39, 0.29) is 11.7 Å². The quantitative estimate of drug-likeness (QED) is 0.716. The highest BCUT2D eigenvalue weighted by Crippen LogP contribution is 2.21. The number of amides is 1. The summed E-state index contributed by atoms with van der Waals surface area (Å²) in [5.74, 6) is 0.765. The highest BCUT2D eigenvalue weighted by atomic mass is 32.2. The summed E-state index contributed by atoms with van der Waals surface area (Å²) in [7, 11) is 0. The fourth-order valence-electron chi connectivity index (χ4n) is 3.41. The molecule has 0 radical (unpaired) electrons. The van der Waals surface area contributed by atoms with E-state index < -0.39 is 0 Å². The maximum Gasteiger partial charge on any atom is 0.238 e. The third-order valence-electron chi connectivity index (χ3n) is 5.08. The van der Waals surface area contributed by atoms with Crippen LogP contribution in [0.1, 0.15) is 11.1 Å². The van der Waals surface area contributed by atoms with E-state index in [4.69, 9.17) is 0 Å². The van der Waals surface area contributed by atoms with Crippen molar-refractivity contribution in [2.24, 2.45) is 0 Å². The number of nitrogens with zero attached hydrogens (tertiary/aromatic N) is 2. The predicted molar refractivity (Wildman–Crippen MR) is 115 cm³/mol. The number of nitrogens with one attached hydrogen (secondary N) is 1. The molecule has 1 N–H and O–H groups in total. The molecule has 4 nitrogen and oxygen atoms in total. The Morgan fingerprint density at radius 2 is 1.64 bits per heavy atom. The lowest BCUT2D eigenvalue weighted by Gasteiger charge is -2.34. The Balaban J connectivity index is 1.38. The lowest BCUT2D eigenvalue weighted by Crippen LogP contribution is -2.49. The fourth-order valence-corrected chi connectivity index (χ4v) is 4.36. The van der Waals surface area contributed by atoms with Gasteiger partial charge in [-0.3, -0.25) is 14.6 Å². The molecule has 1 saturated heterocycles. The van der Waals surface area contributed by atoms with Crippen molar-refractivity contribution in [3.05, 3.63) is 59.4 Å². The standard InChI is InChI=1S/C22H28FN3OS/c1-17-6-5-7-18(2)22(17)24-21(27)16-26-12-10-25(11-13-26)14-15-28-20-9-4-3-8-19(20)23/h3-9H,10-16H2,1-2H3,(H,24,27). The number of carbonyl (C=O) groups is 1. The Hall–Kier alpha value is -1.89. The van der Waals surface area contributed by atoms with E-state index in [9.17, 15) is 9.18 Å². The van der Waals surface area contributed by atoms with Crippen LogP contribution in [0.4, 0.5) is 10.1 Å². The first-order valence-corrected chi connectivity index (χ1v) is 10.7. The third kappa shape index (κ3) is 5.80. The summed E-state index contributed by atoms with van der Waals surface area (Å²) < 4.78 is 13.7. The van der Waals surface area contributed by atoms with E-state index in [2.05, 4.69) is 15.1 Å². The Morgan fingerprint density at radius 3 is 2.32 bits per heavy atom. The average molecular weight is 402 g/mol. The molecule has 1 heterocycles. The number of hydrogen-bond acceptors (Lipinski definition) is 4. The molecule has 0 atom stereocenters. The number of benzene rings is 2. The number of aryl methyl sites for hydroxylation is 2. The van der Waals surface area contributed by atoms with Gasteiger partial charge in [-0.2, -0.15) is 0 Å². The Bertz CT molecular complexity index is 786. The van der Waals surface area contributed by atoms with Gasteiger partial charge in [0.2, 0.25) is 5.91 Å². The van der Waals surface area contributed by atoms with Crippen LogP contribution < -0.4 is 5.32 Å². The predicted octanol–water partition coefficient (Wildman–Crippen LogP) is 3.79. The van der Waals surface area contributed by atoms with Crippen molar-refractivity contribution < 1.29 is 9.18 Å². The van der Waals surface area contributed by atoms with Gasteiger partial charge in [0, 0.05) is 49.1 Å². The van der Waals surface area contributed by atoms with Crippen LogP contribution in [0.5, 0.6) is 0 Å². The molecule has 0 unspecified atom stereocenters. The Kier molecular flexibility index (Phi) is 7.48. The van der Waals surface area contributed by atoms with Crippen molar-refractivity contribution in [1.29, 1.82) is 0 Å². The van der Waals surface area contributed by atoms with Crippen LogP contribution in [0.3, 0.4) is 0 Å². The Labute approximate surface area is 171 Å². The molecule has 2 aromatic rings. The van der Waals surface area contributed by atoms with Gasteiger partial charge in [0.05, 0.1) is 6.54 Å². The molecule has 1 aliphatic heterocycles. The number of para-hydroxylation sites is 1. The lowest BCUT2D eigenvalue weighted by molar-refractivity contribution is -0.117. The first-order chi connectivity index (χ1) is 13.5. The van der Waals surface area contributed by atoms with Crippen molar-refractivity contribution in [2.45, 2.75) is 18.7 Å². The number of piperazine rings is 1. The van der Waals surface area contributed by atoms with Gasteiger partial charge in [-0.15, -0.1) is 11.8 Å². The molecule has 6 heteroatoms. The largest absolute Gasteiger partial charge is 0.324 e. The van der Waals surface area contributed by atoms with Crippen LogP contribution in [-0.2, 0) is 4.79 Å². The molecule has 0 saturated carbocycles. The van der Waals surface area contributed by atoms with Gasteiger partial charge in [-0.05, 0) is 37.1 Å². The van der Waals surface area contributed by atoms with Crippen molar-refractivity contribution in [3.8, 4) is 0 Å². The Morgan fingerprint density at radius 1 is 1.00 bits per heavy atom. The summed E-state index contributed by atoms with van der Waals surface area (Å²) in [6, 6.07) is 12.9. The zero-order valence-corrected chi connectivity index (χ0v) is 17.4. The van der Waals surface area contributed by atoms with Gasteiger partial charge in [0.25, 0.3) is 0 Å². The van der Waals surface area contributed by atoms with E-state index in [1.165, 1.54) is 6.07 Å². The van der Waals surface area contributed by atoms with Gasteiger partial charge in [0.15, 0.2) is 0 Å². The van der Waals surface area contributed by atoms with Crippen LogP contribution in [0, 0.1) is 19.7 Å². The number of hydrogen-bond donors (Lipinski definition) is 1. The van der Waals surface area contributed by atoms with E-state index in [1.54, 1.807) is 17.8 Å². The van der Waals surface area contributed by atoms with E-state index in [0.29, 0.717) is 11.4 Å². The van der Waals surface area contributed by atoms with Gasteiger partial charge >= 0.3 is 0 Å². The summed E-state index contributed by atoms with van der Waals surface area (Å²) in [6.45, 7) is 9.02. The van der Waals surface area contributed by atoms with Gasteiger partial charge in [0.1, 0.15) is 5.82 Å². The minimum atomic E-state index is -0.146. The lowest BCUT2D eigenvalue weighted by atomic mass is 10.1. The van der Waals surface area contributed by atoms with Gasteiger partial charge < -0.3 is 5.32 Å². The monoisotopic (exact) mass is 401 g/mol. The molecular weight excluding hydrogens is 373 g/mol. The first kappa shape index (κ1) is 20.8. The topological polar surface area (TPSA) is 35.6 Å². The van der Waals surface area contributed by atoms with Crippen molar-refractivity contribution in [1.82, 2.24) is 9.80 Å². The minimum absolute atomic E-state index is 0.0426. The van der Waals surface area contributed by atoms with Crippen molar-refractivity contribution in [3.63, 3.8) is 0 Å². The molecule has 0 bridgehead atoms. The third-order valence-corrected chi connectivity index (χ3v) is 6.11. The second kappa shape index (κ2) is 10.0. The molecule has 0 aromatic heterocycles. The number of thioether (sulfide) groups is 1. The number of rotatable bonds is 7. The van der Waals surface area contributed by atoms with E-state index >= 15 is 0 Å². The molecule has 1 fully saturated rings. The average Bonchev–Trinajstić information content (AvgIpc) is 2.68. The molecule has 150 valence electrons. The summed E-state index contributed by atoms with van der Waals surface area (Å²) in [6.07, 6.45) is 0. The molecular formula is C22H28FN3OS. The minimum Gasteiger partial charge on any atom is -0.324 e. The van der Waals surface area contributed by atoms with Crippen LogP contribution in [0.25, 0.3) is 0 Å². The second-order valence-electron chi connectivity index (χ2n) is 7.21. The molecule has 3 rings (SSSR count). The summed E-state index contributed by atoms with van der Waals surface area (Å²) in [5, 5.41) is 3.06. The number of halogens is 1. The van der Waals surface area contributed by atoms with Crippen LogP contribution in [-0.4, -0.2) is 60.7 Å². The zero-order valence-electron chi connectivity index (χ0n) is 16.6. The van der Waals surface area contributed by atoms with Crippen LogP contribution in [0.15, 0.2) is 47.4 Å². The van der Waals surface area contributed by atoms with Crippen molar-refractivity contribution in [2.75, 3.05) is 50.3 Å². The van der Waals surface area contributed by atoms with Crippen molar-refractivity contribution >= 4 is 23.4 Å². The van der Waals surface area contributed by atoms with Gasteiger partial charge in [-0.1, -0.05) is 30.3 Å². The maximum absolute atomic E-state index is 13.7. The highest BCUT2D eigenvalue weighted by molar-refractivity contribution is 7.99. The number of anilines is 1. The molecule has 28 heavy (non-hydrogen) atoms. The molecule has 0 spiro atoms. The van der Waals surface area contributed by atoms with E-state index in [1.807, 2.05) is 44.2 Å². The van der Waals surface area contributed by atoms with Crippen LogP contribution >= 0.6 is 11.8 Å². The summed E-state index contributed by atoms with van der Waals surface area (Å²) in [5.41, 5.74) is 3.10. The SMILES string of the molecule is Cc1cccc(C)c1NC(=O)CN1CCN(CCSc2ccccc2F)CC1. The van der Waals surface area contributed by atoms with Crippen LogP contribution in [0.2, 0.25) is 0 Å². The summed E-state index contributed by atoms with van der Waals surface area (Å²) >= 11 is 1.56. The summed E-state index contributed by atoms with van der Waals surface area (Å²) in [4.78, 5) is 17.7.